The lowest BCUT2D eigenvalue weighted by Crippen LogP contribution is -2.24. The van der Waals surface area contributed by atoms with Crippen LogP contribution in [0.25, 0.3) is 5.65 Å². The number of aliphatic hydroxyl groups is 1. The maximum atomic E-state index is 12.0. The Balaban J connectivity index is 1.62. The number of hydrogen-bond acceptors (Lipinski definition) is 4. The minimum absolute atomic E-state index is 0.0580. The van der Waals surface area contributed by atoms with Crippen LogP contribution in [0, 0.1) is 0 Å². The average Bonchev–Trinajstić information content (AvgIpc) is 3.03. The molecule has 1 amide bonds. The van der Waals surface area contributed by atoms with Crippen molar-refractivity contribution in [2.75, 3.05) is 13.2 Å². The van der Waals surface area contributed by atoms with Crippen LogP contribution in [0.5, 0.6) is 5.75 Å². The fraction of sp³-hybridized carbons (Fsp3) is 0.222. The molecule has 3 aromatic rings. The number of fused-ring (bicyclic) bond motifs is 1. The Kier molecular flexibility index (Phi) is 5.08. The number of nitrogens with zero attached hydrogens (tertiary/aromatic N) is 2. The van der Waals surface area contributed by atoms with Crippen LogP contribution in [0.1, 0.15) is 22.5 Å². The second-order valence-corrected chi connectivity index (χ2v) is 5.35. The van der Waals surface area contributed by atoms with Gasteiger partial charge in [-0.05, 0) is 36.8 Å². The van der Waals surface area contributed by atoms with Crippen molar-refractivity contribution in [2.24, 2.45) is 0 Å². The van der Waals surface area contributed by atoms with Crippen molar-refractivity contribution < 1.29 is 14.6 Å². The minimum atomic E-state index is -0.179. The number of pyridine rings is 1. The molecule has 1 aromatic carbocycles. The lowest BCUT2D eigenvalue weighted by molar-refractivity contribution is 0.0950. The first-order valence-electron chi connectivity index (χ1n) is 7.81. The summed E-state index contributed by atoms with van der Waals surface area (Å²) in [5.41, 5.74) is 2.22. The lowest BCUT2D eigenvalue weighted by atomic mass is 10.2. The number of carbonyl (C=O) groups is 1. The molecule has 0 saturated heterocycles. The fourth-order valence-electron chi connectivity index (χ4n) is 2.32. The molecule has 124 valence electrons. The molecule has 0 spiro atoms. The molecule has 24 heavy (non-hydrogen) atoms. The number of rotatable bonds is 7. The number of amides is 1. The van der Waals surface area contributed by atoms with Crippen LogP contribution in [0.2, 0.25) is 0 Å². The summed E-state index contributed by atoms with van der Waals surface area (Å²) in [5.74, 6) is 0.434. The van der Waals surface area contributed by atoms with E-state index >= 15 is 0 Å². The van der Waals surface area contributed by atoms with Gasteiger partial charge in [0.2, 0.25) is 0 Å². The summed E-state index contributed by atoms with van der Waals surface area (Å²) in [7, 11) is 0. The van der Waals surface area contributed by atoms with E-state index in [1.165, 1.54) is 0 Å². The second kappa shape index (κ2) is 7.61. The van der Waals surface area contributed by atoms with Crippen molar-refractivity contribution >= 4 is 11.6 Å². The molecule has 0 fully saturated rings. The number of benzene rings is 1. The van der Waals surface area contributed by atoms with Gasteiger partial charge in [0, 0.05) is 31.1 Å². The predicted molar refractivity (Wildman–Crippen MR) is 90.0 cm³/mol. The molecule has 0 atom stereocenters. The van der Waals surface area contributed by atoms with Crippen molar-refractivity contribution in [2.45, 2.75) is 13.0 Å². The molecule has 0 saturated carbocycles. The Morgan fingerprint density at radius 2 is 2.17 bits per heavy atom. The maximum Gasteiger partial charge on any atom is 0.251 e. The zero-order chi connectivity index (χ0) is 16.8. The van der Waals surface area contributed by atoms with Crippen molar-refractivity contribution in [3.05, 3.63) is 66.1 Å². The van der Waals surface area contributed by atoms with Crippen LogP contribution in [0.15, 0.2) is 54.9 Å². The van der Waals surface area contributed by atoms with Crippen molar-refractivity contribution in [1.82, 2.24) is 14.7 Å². The molecule has 0 aliphatic rings. The van der Waals surface area contributed by atoms with Gasteiger partial charge in [-0.3, -0.25) is 4.79 Å². The predicted octanol–water partition coefficient (Wildman–Crippen LogP) is 2.03. The van der Waals surface area contributed by atoms with Gasteiger partial charge >= 0.3 is 0 Å². The highest BCUT2D eigenvalue weighted by atomic mass is 16.5. The standard InChI is InChI=1S/C18H19N3O3/c22-10-4-8-19-18(23)14-5-3-6-16(11-14)24-13-15-12-21-9-2-1-7-17(21)20-15/h1-3,5-7,9,11-12,22H,4,8,10,13H2,(H,19,23). The summed E-state index contributed by atoms with van der Waals surface area (Å²) in [4.78, 5) is 16.5. The van der Waals surface area contributed by atoms with Crippen LogP contribution in [-0.2, 0) is 6.61 Å². The second-order valence-electron chi connectivity index (χ2n) is 5.35. The van der Waals surface area contributed by atoms with Crippen LogP contribution in [-0.4, -0.2) is 33.6 Å². The zero-order valence-corrected chi connectivity index (χ0v) is 13.2. The summed E-state index contributed by atoms with van der Waals surface area (Å²) in [6.45, 7) is 0.835. The van der Waals surface area contributed by atoms with Crippen LogP contribution < -0.4 is 10.1 Å². The van der Waals surface area contributed by atoms with Crippen LogP contribution >= 0.6 is 0 Å². The number of aromatic nitrogens is 2. The smallest absolute Gasteiger partial charge is 0.251 e. The number of hydrogen-bond donors (Lipinski definition) is 2. The van der Waals surface area contributed by atoms with E-state index in [4.69, 9.17) is 9.84 Å². The summed E-state index contributed by atoms with van der Waals surface area (Å²) in [6.07, 6.45) is 4.39. The Hall–Kier alpha value is -2.86. The Labute approximate surface area is 139 Å². The van der Waals surface area contributed by atoms with Gasteiger partial charge in [0.15, 0.2) is 0 Å². The van der Waals surface area contributed by atoms with Crippen molar-refractivity contribution in [1.29, 1.82) is 0 Å². The first-order chi connectivity index (χ1) is 11.8. The van der Waals surface area contributed by atoms with Gasteiger partial charge in [0.05, 0.1) is 5.69 Å². The zero-order valence-electron chi connectivity index (χ0n) is 13.2. The normalized spacial score (nSPS) is 10.7. The molecule has 3 rings (SSSR count). The minimum Gasteiger partial charge on any atom is -0.487 e. The van der Waals surface area contributed by atoms with Crippen LogP contribution in [0.3, 0.4) is 0 Å². The fourth-order valence-corrected chi connectivity index (χ4v) is 2.32. The summed E-state index contributed by atoms with van der Waals surface area (Å²) < 4.78 is 7.68. The first kappa shape index (κ1) is 16.0. The SMILES string of the molecule is O=C(NCCCO)c1cccc(OCc2cn3ccccc3n2)c1. The van der Waals surface area contributed by atoms with E-state index in [9.17, 15) is 4.79 Å². The summed E-state index contributed by atoms with van der Waals surface area (Å²) >= 11 is 0. The Morgan fingerprint density at radius 1 is 1.25 bits per heavy atom. The van der Waals surface area contributed by atoms with Gasteiger partial charge in [-0.15, -0.1) is 0 Å². The van der Waals surface area contributed by atoms with E-state index in [0.717, 1.165) is 11.3 Å². The Morgan fingerprint density at radius 3 is 3.00 bits per heavy atom. The van der Waals surface area contributed by atoms with Gasteiger partial charge in [-0.2, -0.15) is 0 Å². The highest BCUT2D eigenvalue weighted by Crippen LogP contribution is 2.15. The summed E-state index contributed by atoms with van der Waals surface area (Å²) in [6, 6.07) is 12.8. The third kappa shape index (κ3) is 3.91. The third-order valence-electron chi connectivity index (χ3n) is 3.52. The van der Waals surface area contributed by atoms with Gasteiger partial charge < -0.3 is 19.6 Å². The number of carbonyl (C=O) groups excluding carboxylic acids is 1. The first-order valence-corrected chi connectivity index (χ1v) is 7.81. The number of ether oxygens (including phenoxy) is 1. The molecule has 2 aromatic heterocycles. The number of imidazole rings is 1. The average molecular weight is 325 g/mol. The molecule has 0 bridgehead atoms. The quantitative estimate of drug-likeness (QED) is 0.652. The number of aliphatic hydroxyl groups excluding tert-OH is 1. The molecule has 2 N–H and O–H groups in total. The lowest BCUT2D eigenvalue weighted by Gasteiger charge is -2.07. The molecule has 0 aliphatic heterocycles. The van der Waals surface area contributed by atoms with E-state index in [-0.39, 0.29) is 12.5 Å². The highest BCUT2D eigenvalue weighted by Gasteiger charge is 2.07. The summed E-state index contributed by atoms with van der Waals surface area (Å²) in [5, 5.41) is 11.5. The van der Waals surface area contributed by atoms with Crippen molar-refractivity contribution in [3.8, 4) is 5.75 Å². The van der Waals surface area contributed by atoms with Gasteiger partial charge in [-0.25, -0.2) is 4.98 Å². The molecular weight excluding hydrogens is 306 g/mol. The largest absolute Gasteiger partial charge is 0.487 e. The molecule has 2 heterocycles. The van der Waals surface area contributed by atoms with E-state index in [0.29, 0.717) is 30.9 Å². The molecule has 6 nitrogen and oxygen atoms in total. The molecular formula is C18H19N3O3. The molecule has 0 radical (unpaired) electrons. The Bertz CT molecular complexity index is 796. The molecule has 6 heteroatoms. The van der Waals surface area contributed by atoms with E-state index in [1.807, 2.05) is 35.0 Å². The highest BCUT2D eigenvalue weighted by molar-refractivity contribution is 5.94. The van der Waals surface area contributed by atoms with Gasteiger partial charge in [0.1, 0.15) is 18.0 Å². The van der Waals surface area contributed by atoms with E-state index < -0.39 is 0 Å². The van der Waals surface area contributed by atoms with Crippen molar-refractivity contribution in [3.63, 3.8) is 0 Å². The number of nitrogens with one attached hydrogen (secondary N) is 1. The monoisotopic (exact) mass is 325 g/mol. The van der Waals surface area contributed by atoms with Gasteiger partial charge in [-0.1, -0.05) is 12.1 Å². The van der Waals surface area contributed by atoms with E-state index in [1.54, 1.807) is 24.3 Å². The van der Waals surface area contributed by atoms with Crippen LogP contribution in [0.4, 0.5) is 0 Å². The molecule has 0 aliphatic carbocycles. The topological polar surface area (TPSA) is 75.9 Å². The van der Waals surface area contributed by atoms with E-state index in [2.05, 4.69) is 10.3 Å². The third-order valence-corrected chi connectivity index (χ3v) is 3.52. The van der Waals surface area contributed by atoms with Gasteiger partial charge in [0.25, 0.3) is 5.91 Å². The molecule has 0 unspecified atom stereocenters. The maximum absolute atomic E-state index is 12.0.